The van der Waals surface area contributed by atoms with E-state index in [1.54, 1.807) is 0 Å². The third-order valence-electron chi connectivity index (χ3n) is 4.48. The van der Waals surface area contributed by atoms with Crippen molar-refractivity contribution in [1.29, 1.82) is 0 Å². The Hall–Kier alpha value is -2.79. The van der Waals surface area contributed by atoms with Crippen LogP contribution in [0.15, 0.2) is 36.0 Å². The van der Waals surface area contributed by atoms with Gasteiger partial charge in [0.05, 0.1) is 6.42 Å². The van der Waals surface area contributed by atoms with E-state index < -0.39 is 11.2 Å². The van der Waals surface area contributed by atoms with Crippen molar-refractivity contribution in [1.82, 2.24) is 25.4 Å². The quantitative estimate of drug-likeness (QED) is 0.404. The normalized spacial score (nSPS) is 21.2. The van der Waals surface area contributed by atoms with Crippen molar-refractivity contribution in [3.05, 3.63) is 47.4 Å². The number of rotatable bonds is 5. The van der Waals surface area contributed by atoms with Gasteiger partial charge in [-0.2, -0.15) is 4.98 Å². The number of carbonyl (C=O) groups is 3. The third-order valence-corrected chi connectivity index (χ3v) is 5.98. The number of H-pyrrole nitrogens is 1. The molecule has 0 spiro atoms. The van der Waals surface area contributed by atoms with Crippen molar-refractivity contribution in [2.24, 2.45) is 0 Å². The number of anilines is 1. The minimum atomic E-state index is -0.690. The van der Waals surface area contributed by atoms with Gasteiger partial charge in [0, 0.05) is 11.3 Å². The smallest absolute Gasteiger partial charge is 0.253 e. The molecule has 2 aromatic rings. The minimum absolute atomic E-state index is 0.0431. The molecular weight excluding hydrogens is 400 g/mol. The lowest BCUT2D eigenvalue weighted by Gasteiger charge is -2.49. The highest BCUT2D eigenvalue weighted by molar-refractivity contribution is 8.00. The maximum atomic E-state index is 12.7. The Kier molecular flexibility index (Phi) is 4.85. The number of hydrogen-bond donors (Lipinski definition) is 4. The van der Waals surface area contributed by atoms with Crippen LogP contribution in [0.25, 0.3) is 5.57 Å². The molecule has 4 N–H and O–H groups in total. The number of nitrogens with two attached hydrogens (primary N) is 1. The second-order valence-corrected chi connectivity index (χ2v) is 7.80. The van der Waals surface area contributed by atoms with Crippen molar-refractivity contribution < 1.29 is 14.4 Å². The number of hydrogen-bond acceptors (Lipinski definition) is 7. The molecule has 2 atom stereocenters. The Balaban J connectivity index is 1.52. The van der Waals surface area contributed by atoms with E-state index in [9.17, 15) is 14.4 Å². The minimum Gasteiger partial charge on any atom is -0.366 e. The van der Waals surface area contributed by atoms with E-state index in [1.807, 2.05) is 30.3 Å². The van der Waals surface area contributed by atoms with Crippen LogP contribution in [0.1, 0.15) is 11.4 Å². The Bertz CT molecular complexity index is 990. The summed E-state index contributed by atoms with van der Waals surface area (Å²) in [7, 11) is 0. The highest BCUT2D eigenvalue weighted by Gasteiger charge is 2.54. The molecule has 2 aliphatic rings. The molecule has 144 valence electrons. The highest BCUT2D eigenvalue weighted by Crippen LogP contribution is 2.43. The number of nitrogens with zero attached hydrogens (tertiary/aromatic N) is 3. The highest BCUT2D eigenvalue weighted by atomic mass is 32.2. The van der Waals surface area contributed by atoms with Crippen molar-refractivity contribution in [3.63, 3.8) is 0 Å². The predicted molar refractivity (Wildman–Crippen MR) is 107 cm³/mol. The molecule has 4 rings (SSSR count). The fraction of sp³-hybridized carbons (Fsp3) is 0.235. The van der Waals surface area contributed by atoms with Crippen LogP contribution in [0.5, 0.6) is 0 Å². The van der Waals surface area contributed by atoms with Gasteiger partial charge in [-0.1, -0.05) is 43.0 Å². The zero-order valence-electron chi connectivity index (χ0n) is 14.5. The summed E-state index contributed by atoms with van der Waals surface area (Å²) in [5.74, 6) is 0.157. The summed E-state index contributed by atoms with van der Waals surface area (Å²) < 4.78 is 0. The van der Waals surface area contributed by atoms with Crippen LogP contribution in [0.2, 0.25) is 0 Å². The molecule has 1 aromatic heterocycles. The molecule has 2 aliphatic heterocycles. The fourth-order valence-corrected chi connectivity index (χ4v) is 4.80. The van der Waals surface area contributed by atoms with Gasteiger partial charge < -0.3 is 11.1 Å². The number of thioether (sulfide) groups is 1. The predicted octanol–water partition coefficient (Wildman–Crippen LogP) is 0.197. The summed E-state index contributed by atoms with van der Waals surface area (Å²) in [4.78, 5) is 42.5. The molecule has 0 bridgehead atoms. The van der Waals surface area contributed by atoms with Gasteiger partial charge in [-0.15, -0.1) is 16.9 Å². The molecule has 1 fully saturated rings. The number of fused-ring (bicyclic) bond motifs is 1. The van der Waals surface area contributed by atoms with E-state index in [0.29, 0.717) is 17.2 Å². The lowest BCUT2D eigenvalue weighted by Crippen LogP contribution is -2.70. The number of benzene rings is 1. The summed E-state index contributed by atoms with van der Waals surface area (Å²) in [6, 6.07) is 8.57. The SMILES string of the molecule is Nc1n[nH]c(C2=C(C(=O)S)N3C(=O)[C@@H](NC(=O)Cc4ccccc4)[C@H]3SC2)n1. The first-order chi connectivity index (χ1) is 13.5. The van der Waals surface area contributed by atoms with Crippen LogP contribution < -0.4 is 11.1 Å². The maximum Gasteiger partial charge on any atom is 0.253 e. The average Bonchev–Trinajstić information content (AvgIpc) is 3.11. The Morgan fingerprint density at radius 1 is 1.36 bits per heavy atom. The lowest BCUT2D eigenvalue weighted by atomic mass is 10.0. The number of aromatic nitrogens is 3. The molecule has 1 aromatic carbocycles. The number of β-lactam (4-membered cyclic amide) rings is 1. The van der Waals surface area contributed by atoms with Gasteiger partial charge in [0.2, 0.25) is 17.0 Å². The lowest BCUT2D eigenvalue weighted by molar-refractivity contribution is -0.146. The number of nitrogens with one attached hydrogen (secondary N) is 2. The number of carbonyl (C=O) groups excluding carboxylic acids is 3. The van der Waals surface area contributed by atoms with Gasteiger partial charge >= 0.3 is 0 Å². The van der Waals surface area contributed by atoms with Gasteiger partial charge in [-0.3, -0.25) is 24.4 Å². The van der Waals surface area contributed by atoms with E-state index in [0.717, 1.165) is 5.56 Å². The first-order valence-corrected chi connectivity index (χ1v) is 9.88. The standard InChI is InChI=1S/C17H16N6O3S2/c18-17-20-13(21-22-17)9-7-28-15-11(14(25)23(15)12(9)16(26)27)19-10(24)6-8-4-2-1-3-5-8/h1-5,11,15H,6-7H2,(H,19,24)(H,26,27)(H3,18,20,21,22)/t11-,15-/m1/s1. The monoisotopic (exact) mass is 416 g/mol. The van der Waals surface area contributed by atoms with Crippen molar-refractivity contribution in [3.8, 4) is 0 Å². The van der Waals surface area contributed by atoms with Crippen molar-refractivity contribution in [2.45, 2.75) is 17.8 Å². The van der Waals surface area contributed by atoms with Gasteiger partial charge in [-0.05, 0) is 5.56 Å². The second kappa shape index (κ2) is 7.32. The first kappa shape index (κ1) is 18.6. The molecule has 0 unspecified atom stereocenters. The van der Waals surface area contributed by atoms with E-state index >= 15 is 0 Å². The molecule has 11 heteroatoms. The fourth-order valence-electron chi connectivity index (χ4n) is 3.22. The number of aromatic amines is 1. The Labute approximate surface area is 169 Å². The number of amides is 2. The summed E-state index contributed by atoms with van der Waals surface area (Å²) in [5, 5.41) is 8.25. The average molecular weight is 416 g/mol. The van der Waals surface area contributed by atoms with E-state index in [1.165, 1.54) is 16.7 Å². The summed E-state index contributed by atoms with van der Waals surface area (Å²) in [6.45, 7) is 0. The van der Waals surface area contributed by atoms with Crippen molar-refractivity contribution >= 4 is 52.8 Å². The second-order valence-electron chi connectivity index (χ2n) is 6.29. The molecule has 9 nitrogen and oxygen atoms in total. The van der Waals surface area contributed by atoms with Gasteiger partial charge in [0.25, 0.3) is 5.91 Å². The zero-order valence-corrected chi connectivity index (χ0v) is 16.2. The largest absolute Gasteiger partial charge is 0.366 e. The third kappa shape index (κ3) is 3.27. The van der Waals surface area contributed by atoms with Gasteiger partial charge in [-0.25, -0.2) is 0 Å². The summed E-state index contributed by atoms with van der Waals surface area (Å²) >= 11 is 5.34. The molecule has 28 heavy (non-hydrogen) atoms. The molecular formula is C17H16N6O3S2. The van der Waals surface area contributed by atoms with E-state index in [2.05, 4.69) is 33.1 Å². The summed E-state index contributed by atoms with van der Waals surface area (Å²) in [6.07, 6.45) is 0.179. The van der Waals surface area contributed by atoms with Crippen LogP contribution in [0.3, 0.4) is 0 Å². The van der Waals surface area contributed by atoms with Gasteiger partial charge in [0.15, 0.2) is 5.82 Å². The number of nitrogen functional groups attached to an aromatic ring is 1. The maximum absolute atomic E-state index is 12.7. The Morgan fingerprint density at radius 2 is 2.11 bits per heavy atom. The Morgan fingerprint density at radius 3 is 2.75 bits per heavy atom. The molecule has 0 saturated carbocycles. The van der Waals surface area contributed by atoms with Crippen LogP contribution in [0, 0.1) is 0 Å². The van der Waals surface area contributed by atoms with Crippen LogP contribution >= 0.6 is 24.4 Å². The molecule has 1 saturated heterocycles. The number of thiol groups is 1. The first-order valence-electron chi connectivity index (χ1n) is 8.38. The van der Waals surface area contributed by atoms with Crippen LogP contribution in [0.4, 0.5) is 5.95 Å². The van der Waals surface area contributed by atoms with Gasteiger partial charge in [0.1, 0.15) is 17.1 Å². The molecule has 0 aliphatic carbocycles. The summed E-state index contributed by atoms with van der Waals surface area (Å²) in [5.41, 5.74) is 7.04. The van der Waals surface area contributed by atoms with Crippen molar-refractivity contribution in [2.75, 3.05) is 11.5 Å². The van der Waals surface area contributed by atoms with E-state index in [-0.39, 0.29) is 35.3 Å². The molecule has 2 amide bonds. The molecule has 3 heterocycles. The van der Waals surface area contributed by atoms with Crippen LogP contribution in [-0.2, 0) is 20.8 Å². The topological polar surface area (TPSA) is 134 Å². The molecule has 0 radical (unpaired) electrons. The van der Waals surface area contributed by atoms with Crippen LogP contribution in [-0.4, -0.2) is 54.2 Å². The van der Waals surface area contributed by atoms with E-state index in [4.69, 9.17) is 5.73 Å². The zero-order chi connectivity index (χ0) is 19.8.